The van der Waals surface area contributed by atoms with E-state index in [-0.39, 0.29) is 0 Å². The minimum absolute atomic E-state index is 0.506. The predicted octanol–water partition coefficient (Wildman–Crippen LogP) is 4.44. The van der Waals surface area contributed by atoms with Crippen molar-refractivity contribution in [1.82, 2.24) is 10.3 Å². The molecule has 3 rings (SSSR count). The Hall–Kier alpha value is -0.910. The SMILES string of the molecule is Brc1cnc(OCc2ccccc2Br)c(CNC2CC2)c1. The maximum Gasteiger partial charge on any atom is 0.218 e. The van der Waals surface area contributed by atoms with Gasteiger partial charge in [0.25, 0.3) is 0 Å². The summed E-state index contributed by atoms with van der Waals surface area (Å²) in [5, 5.41) is 3.50. The van der Waals surface area contributed by atoms with E-state index >= 15 is 0 Å². The van der Waals surface area contributed by atoms with E-state index in [1.807, 2.05) is 24.3 Å². The average molecular weight is 412 g/mol. The van der Waals surface area contributed by atoms with E-state index in [0.717, 1.165) is 26.6 Å². The zero-order valence-electron chi connectivity index (χ0n) is 11.5. The summed E-state index contributed by atoms with van der Waals surface area (Å²) in [5.74, 6) is 0.696. The molecule has 5 heteroatoms. The van der Waals surface area contributed by atoms with Crippen molar-refractivity contribution in [3.8, 4) is 5.88 Å². The van der Waals surface area contributed by atoms with Crippen molar-refractivity contribution >= 4 is 31.9 Å². The highest BCUT2D eigenvalue weighted by molar-refractivity contribution is 9.10. The number of aromatic nitrogens is 1. The van der Waals surface area contributed by atoms with Crippen LogP contribution in [0.1, 0.15) is 24.0 Å². The minimum Gasteiger partial charge on any atom is -0.473 e. The van der Waals surface area contributed by atoms with Gasteiger partial charge >= 0.3 is 0 Å². The van der Waals surface area contributed by atoms with Crippen LogP contribution in [-0.4, -0.2) is 11.0 Å². The average Bonchev–Trinajstić information content (AvgIpc) is 3.30. The first-order valence-corrected chi connectivity index (χ1v) is 8.55. The standard InChI is InChI=1S/C16H16Br2N2O/c17-13-7-12(8-19-14-5-6-14)16(20-9-13)21-10-11-3-1-2-4-15(11)18/h1-4,7,9,14,19H,5-6,8,10H2. The molecule has 0 spiro atoms. The van der Waals surface area contributed by atoms with Crippen molar-refractivity contribution in [2.45, 2.75) is 32.0 Å². The van der Waals surface area contributed by atoms with Crippen molar-refractivity contribution in [1.29, 1.82) is 0 Å². The van der Waals surface area contributed by atoms with Gasteiger partial charge in [0.15, 0.2) is 0 Å². The number of hydrogen-bond acceptors (Lipinski definition) is 3. The van der Waals surface area contributed by atoms with E-state index in [9.17, 15) is 0 Å². The molecular weight excluding hydrogens is 396 g/mol. The van der Waals surface area contributed by atoms with Crippen LogP contribution in [-0.2, 0) is 13.2 Å². The van der Waals surface area contributed by atoms with Gasteiger partial charge in [-0.25, -0.2) is 4.98 Å². The third-order valence-electron chi connectivity index (χ3n) is 3.37. The first kappa shape index (κ1) is 15.0. The summed E-state index contributed by atoms with van der Waals surface area (Å²) in [6.07, 6.45) is 4.32. The molecule has 1 aliphatic carbocycles. The normalized spacial score (nSPS) is 14.2. The molecule has 3 nitrogen and oxygen atoms in total. The molecule has 1 N–H and O–H groups in total. The van der Waals surface area contributed by atoms with Crippen LogP contribution in [0, 0.1) is 0 Å². The Morgan fingerprint density at radius 3 is 2.76 bits per heavy atom. The molecule has 1 aliphatic rings. The van der Waals surface area contributed by atoms with Gasteiger partial charge in [-0.2, -0.15) is 0 Å². The minimum atomic E-state index is 0.506. The Kier molecular flexibility index (Phi) is 4.93. The molecule has 0 unspecified atom stereocenters. The van der Waals surface area contributed by atoms with Crippen LogP contribution in [0.3, 0.4) is 0 Å². The van der Waals surface area contributed by atoms with Gasteiger partial charge in [-0.3, -0.25) is 0 Å². The lowest BCUT2D eigenvalue weighted by molar-refractivity contribution is 0.288. The van der Waals surface area contributed by atoms with Gasteiger partial charge in [-0.15, -0.1) is 0 Å². The lowest BCUT2D eigenvalue weighted by atomic mass is 10.2. The fourth-order valence-electron chi connectivity index (χ4n) is 2.03. The third kappa shape index (κ3) is 4.28. The second-order valence-corrected chi connectivity index (χ2v) is 6.92. The summed E-state index contributed by atoms with van der Waals surface area (Å²) in [6.45, 7) is 1.30. The number of ether oxygens (including phenoxy) is 1. The van der Waals surface area contributed by atoms with E-state index in [0.29, 0.717) is 18.5 Å². The third-order valence-corrected chi connectivity index (χ3v) is 4.58. The van der Waals surface area contributed by atoms with Crippen LogP contribution >= 0.6 is 31.9 Å². The quantitative estimate of drug-likeness (QED) is 0.762. The van der Waals surface area contributed by atoms with E-state index in [1.54, 1.807) is 6.20 Å². The summed E-state index contributed by atoms with van der Waals surface area (Å²) < 4.78 is 7.94. The summed E-state index contributed by atoms with van der Waals surface area (Å²) in [6, 6.07) is 10.8. The van der Waals surface area contributed by atoms with Crippen LogP contribution in [0.4, 0.5) is 0 Å². The van der Waals surface area contributed by atoms with E-state index in [1.165, 1.54) is 12.8 Å². The highest BCUT2D eigenvalue weighted by Gasteiger charge is 2.21. The highest BCUT2D eigenvalue weighted by Crippen LogP contribution is 2.25. The van der Waals surface area contributed by atoms with Crippen LogP contribution in [0.2, 0.25) is 0 Å². The molecule has 110 valence electrons. The second kappa shape index (κ2) is 6.90. The van der Waals surface area contributed by atoms with Gasteiger partial charge in [0.05, 0.1) is 0 Å². The number of rotatable bonds is 6. The topological polar surface area (TPSA) is 34.1 Å². The molecule has 0 bridgehead atoms. The monoisotopic (exact) mass is 410 g/mol. The Bertz CT molecular complexity index is 629. The predicted molar refractivity (Wildman–Crippen MR) is 90.3 cm³/mol. The van der Waals surface area contributed by atoms with Crippen molar-refractivity contribution in [3.05, 3.63) is 56.6 Å². The van der Waals surface area contributed by atoms with Crippen LogP contribution in [0.15, 0.2) is 45.5 Å². The number of nitrogens with one attached hydrogen (secondary N) is 1. The fourth-order valence-corrected chi connectivity index (χ4v) is 2.81. The Labute approximate surface area is 141 Å². The largest absolute Gasteiger partial charge is 0.473 e. The first-order chi connectivity index (χ1) is 10.2. The number of hydrogen-bond donors (Lipinski definition) is 1. The van der Waals surface area contributed by atoms with E-state index in [4.69, 9.17) is 4.74 Å². The van der Waals surface area contributed by atoms with Gasteiger partial charge in [0, 0.05) is 38.9 Å². The number of pyridine rings is 1. The summed E-state index contributed by atoms with van der Waals surface area (Å²) in [5.41, 5.74) is 2.20. The molecule has 1 aromatic carbocycles. The maximum absolute atomic E-state index is 5.91. The number of halogens is 2. The molecule has 0 amide bonds. The zero-order valence-corrected chi connectivity index (χ0v) is 14.7. The summed E-state index contributed by atoms with van der Waals surface area (Å²) >= 11 is 7.01. The molecule has 0 radical (unpaired) electrons. The molecule has 0 aliphatic heterocycles. The molecule has 21 heavy (non-hydrogen) atoms. The molecule has 1 heterocycles. The van der Waals surface area contributed by atoms with Gasteiger partial charge in [-0.1, -0.05) is 34.1 Å². The Balaban J connectivity index is 1.70. The molecule has 2 aromatic rings. The summed E-state index contributed by atoms with van der Waals surface area (Å²) in [7, 11) is 0. The van der Waals surface area contributed by atoms with E-state index in [2.05, 4.69) is 48.2 Å². The maximum atomic E-state index is 5.91. The molecule has 1 saturated carbocycles. The zero-order chi connectivity index (χ0) is 14.7. The molecule has 1 aromatic heterocycles. The second-order valence-electron chi connectivity index (χ2n) is 5.15. The van der Waals surface area contributed by atoms with Gasteiger partial charge < -0.3 is 10.1 Å². The van der Waals surface area contributed by atoms with Crippen molar-refractivity contribution in [2.75, 3.05) is 0 Å². The number of benzene rings is 1. The van der Waals surface area contributed by atoms with Crippen LogP contribution in [0.25, 0.3) is 0 Å². The Morgan fingerprint density at radius 2 is 2.00 bits per heavy atom. The van der Waals surface area contributed by atoms with Gasteiger partial charge in [-0.05, 0) is 40.9 Å². The highest BCUT2D eigenvalue weighted by atomic mass is 79.9. The lowest BCUT2D eigenvalue weighted by Crippen LogP contribution is -2.16. The van der Waals surface area contributed by atoms with Crippen LogP contribution < -0.4 is 10.1 Å². The lowest BCUT2D eigenvalue weighted by Gasteiger charge is -2.12. The molecule has 1 fully saturated rings. The molecule has 0 atom stereocenters. The van der Waals surface area contributed by atoms with Crippen molar-refractivity contribution in [2.24, 2.45) is 0 Å². The first-order valence-electron chi connectivity index (χ1n) is 6.96. The summed E-state index contributed by atoms with van der Waals surface area (Å²) in [4.78, 5) is 4.40. The van der Waals surface area contributed by atoms with Gasteiger partial charge in [0.2, 0.25) is 5.88 Å². The van der Waals surface area contributed by atoms with Crippen molar-refractivity contribution in [3.63, 3.8) is 0 Å². The number of nitrogens with zero attached hydrogens (tertiary/aromatic N) is 1. The molecular formula is C16H16Br2N2O. The fraction of sp³-hybridized carbons (Fsp3) is 0.312. The Morgan fingerprint density at radius 1 is 1.19 bits per heavy atom. The van der Waals surface area contributed by atoms with Crippen molar-refractivity contribution < 1.29 is 4.74 Å². The smallest absolute Gasteiger partial charge is 0.218 e. The van der Waals surface area contributed by atoms with E-state index < -0.39 is 0 Å². The van der Waals surface area contributed by atoms with Gasteiger partial charge in [0.1, 0.15) is 6.61 Å². The van der Waals surface area contributed by atoms with Crippen LogP contribution in [0.5, 0.6) is 5.88 Å². The molecule has 0 saturated heterocycles.